The van der Waals surface area contributed by atoms with E-state index in [-0.39, 0.29) is 17.5 Å². The minimum atomic E-state index is -0.126. The maximum absolute atomic E-state index is 13.4. The molecule has 3 aromatic heterocycles. The Kier molecular flexibility index (Phi) is 5.76. The molecule has 4 heterocycles. The van der Waals surface area contributed by atoms with Crippen molar-refractivity contribution in [3.05, 3.63) is 80.0 Å². The molecule has 1 atom stereocenters. The molecule has 1 N–H and O–H groups in total. The predicted octanol–water partition coefficient (Wildman–Crippen LogP) is 4.55. The highest BCUT2D eigenvalue weighted by Gasteiger charge is 2.28. The van der Waals surface area contributed by atoms with Crippen LogP contribution in [0.4, 0.5) is 0 Å². The third-order valence-corrected chi connectivity index (χ3v) is 8.55. The van der Waals surface area contributed by atoms with Crippen molar-refractivity contribution < 1.29 is 4.79 Å². The van der Waals surface area contributed by atoms with Gasteiger partial charge in [-0.2, -0.15) is 5.10 Å². The summed E-state index contributed by atoms with van der Waals surface area (Å²) in [4.78, 5) is 32.8. The van der Waals surface area contributed by atoms with E-state index in [1.54, 1.807) is 0 Å². The van der Waals surface area contributed by atoms with Crippen LogP contribution in [-0.2, 0) is 25.9 Å². The highest BCUT2D eigenvalue weighted by atomic mass is 32.1. The Morgan fingerprint density at radius 3 is 2.86 bits per heavy atom. The van der Waals surface area contributed by atoms with Crippen LogP contribution in [0.3, 0.4) is 0 Å². The van der Waals surface area contributed by atoms with Crippen molar-refractivity contribution in [1.29, 1.82) is 0 Å². The molecule has 1 aliphatic carbocycles. The number of nitrogens with zero attached hydrogens (tertiary/aromatic N) is 4. The lowest BCUT2D eigenvalue weighted by atomic mass is 9.92. The molecular formula is C27H29N5O2S. The monoisotopic (exact) mass is 487 g/mol. The molecule has 0 saturated carbocycles. The van der Waals surface area contributed by atoms with Crippen LogP contribution in [0.25, 0.3) is 10.2 Å². The summed E-state index contributed by atoms with van der Waals surface area (Å²) in [7, 11) is 0. The molecule has 180 valence electrons. The van der Waals surface area contributed by atoms with Gasteiger partial charge in [0.1, 0.15) is 10.7 Å². The zero-order valence-electron chi connectivity index (χ0n) is 19.9. The standard InChI is InChI=1S/C27H29N5O2S/c1-17-23-26(30-22-13-6-3-7-14-31(22)27(23)34)35-24(17)25(33)29-20-11-8-12-21-19(20)15-28-32(21)16-18-9-4-2-5-10-18/h2,4-5,9-10,15,20H,3,6-8,11-14,16H2,1H3,(H,29,33). The van der Waals surface area contributed by atoms with Crippen LogP contribution in [0.5, 0.6) is 0 Å². The molecule has 4 aromatic rings. The van der Waals surface area contributed by atoms with Crippen LogP contribution in [0.1, 0.15) is 76.0 Å². The lowest BCUT2D eigenvalue weighted by Gasteiger charge is -2.24. The maximum atomic E-state index is 13.4. The van der Waals surface area contributed by atoms with E-state index in [1.807, 2.05) is 35.9 Å². The number of aryl methyl sites for hydroxylation is 2. The molecule has 0 fully saturated rings. The Morgan fingerprint density at radius 2 is 2.00 bits per heavy atom. The zero-order valence-corrected chi connectivity index (χ0v) is 20.7. The average Bonchev–Trinajstić information content (AvgIpc) is 3.32. The van der Waals surface area contributed by atoms with Gasteiger partial charge in [0.25, 0.3) is 11.5 Å². The van der Waals surface area contributed by atoms with Gasteiger partial charge in [0.05, 0.1) is 29.0 Å². The van der Waals surface area contributed by atoms with Crippen molar-refractivity contribution >= 4 is 27.5 Å². The Labute approximate surface area is 207 Å². The SMILES string of the molecule is Cc1c(C(=O)NC2CCCc3c2cnn3Cc2ccccc2)sc2nc3n(c(=O)c12)CCCCC3. The second kappa shape index (κ2) is 9.07. The molecule has 0 radical (unpaired) electrons. The number of hydrogen-bond acceptors (Lipinski definition) is 5. The second-order valence-electron chi connectivity index (χ2n) is 9.64. The van der Waals surface area contributed by atoms with Crippen LogP contribution >= 0.6 is 11.3 Å². The number of rotatable bonds is 4. The first-order chi connectivity index (χ1) is 17.1. The third kappa shape index (κ3) is 3.99. The quantitative estimate of drug-likeness (QED) is 0.458. The molecular weight excluding hydrogens is 458 g/mol. The van der Waals surface area contributed by atoms with Crippen LogP contribution in [0, 0.1) is 6.92 Å². The first-order valence-electron chi connectivity index (χ1n) is 12.5. The molecule has 1 amide bonds. The summed E-state index contributed by atoms with van der Waals surface area (Å²) in [6.45, 7) is 3.32. The molecule has 6 rings (SSSR count). The van der Waals surface area contributed by atoms with Gasteiger partial charge in [-0.05, 0) is 50.2 Å². The zero-order chi connectivity index (χ0) is 23.9. The highest BCUT2D eigenvalue weighted by molar-refractivity contribution is 7.20. The number of nitrogens with one attached hydrogen (secondary N) is 1. The minimum absolute atomic E-state index is 0.00170. The molecule has 35 heavy (non-hydrogen) atoms. The fourth-order valence-electron chi connectivity index (χ4n) is 5.51. The van der Waals surface area contributed by atoms with Crippen molar-refractivity contribution in [2.75, 3.05) is 0 Å². The largest absolute Gasteiger partial charge is 0.344 e. The number of thiophene rings is 1. The van der Waals surface area contributed by atoms with E-state index in [1.165, 1.54) is 22.6 Å². The molecule has 8 heteroatoms. The summed E-state index contributed by atoms with van der Waals surface area (Å²) in [5.74, 6) is 0.731. The Morgan fingerprint density at radius 1 is 1.14 bits per heavy atom. The minimum Gasteiger partial charge on any atom is -0.344 e. The number of hydrogen-bond donors (Lipinski definition) is 1. The van der Waals surface area contributed by atoms with Gasteiger partial charge in [0.15, 0.2) is 0 Å². The first-order valence-corrected chi connectivity index (χ1v) is 13.3. The Hall–Kier alpha value is -3.26. The van der Waals surface area contributed by atoms with Gasteiger partial charge in [-0.25, -0.2) is 4.98 Å². The van der Waals surface area contributed by atoms with Gasteiger partial charge in [0, 0.05) is 24.2 Å². The maximum Gasteiger partial charge on any atom is 0.262 e. The number of carbonyl (C=O) groups excluding carboxylic acids is 1. The Bertz CT molecular complexity index is 1470. The summed E-state index contributed by atoms with van der Waals surface area (Å²) in [6, 6.07) is 10.2. The van der Waals surface area contributed by atoms with Gasteiger partial charge >= 0.3 is 0 Å². The fourth-order valence-corrected chi connectivity index (χ4v) is 6.61. The summed E-state index contributed by atoms with van der Waals surface area (Å²) in [5.41, 5.74) is 4.26. The van der Waals surface area contributed by atoms with Gasteiger partial charge in [-0.15, -0.1) is 11.3 Å². The van der Waals surface area contributed by atoms with Crippen molar-refractivity contribution in [3.63, 3.8) is 0 Å². The molecule has 1 unspecified atom stereocenters. The van der Waals surface area contributed by atoms with Crippen molar-refractivity contribution in [3.8, 4) is 0 Å². The smallest absolute Gasteiger partial charge is 0.262 e. The van der Waals surface area contributed by atoms with Gasteiger partial charge < -0.3 is 5.32 Å². The second-order valence-corrected chi connectivity index (χ2v) is 10.6. The van der Waals surface area contributed by atoms with Crippen LogP contribution < -0.4 is 10.9 Å². The van der Waals surface area contributed by atoms with Crippen molar-refractivity contribution in [1.82, 2.24) is 24.6 Å². The van der Waals surface area contributed by atoms with Gasteiger partial charge in [-0.1, -0.05) is 36.8 Å². The van der Waals surface area contributed by atoms with E-state index in [0.717, 1.165) is 68.4 Å². The fraction of sp³-hybridized carbons (Fsp3) is 0.407. The molecule has 0 spiro atoms. The Balaban J connectivity index is 1.28. The summed E-state index contributed by atoms with van der Waals surface area (Å²) >= 11 is 1.35. The average molecular weight is 488 g/mol. The first kappa shape index (κ1) is 22.2. The number of fused-ring (bicyclic) bond motifs is 3. The number of amides is 1. The topological polar surface area (TPSA) is 81.8 Å². The van der Waals surface area contributed by atoms with Crippen LogP contribution in [-0.4, -0.2) is 25.2 Å². The van der Waals surface area contributed by atoms with Crippen LogP contribution in [0.2, 0.25) is 0 Å². The molecule has 2 aliphatic rings. The number of benzene rings is 1. The lowest BCUT2D eigenvalue weighted by Crippen LogP contribution is -2.31. The van der Waals surface area contributed by atoms with Crippen molar-refractivity contribution in [2.45, 2.75) is 71.0 Å². The van der Waals surface area contributed by atoms with E-state index < -0.39 is 0 Å². The summed E-state index contributed by atoms with van der Waals surface area (Å²) in [6.07, 6.45) is 8.74. The molecule has 7 nitrogen and oxygen atoms in total. The van der Waals surface area contributed by atoms with Gasteiger partial charge in [-0.3, -0.25) is 18.8 Å². The molecule has 1 aliphatic heterocycles. The number of aromatic nitrogens is 4. The van der Waals surface area contributed by atoms with E-state index >= 15 is 0 Å². The van der Waals surface area contributed by atoms with Crippen molar-refractivity contribution in [2.24, 2.45) is 0 Å². The van der Waals surface area contributed by atoms with E-state index in [9.17, 15) is 9.59 Å². The van der Waals surface area contributed by atoms with E-state index in [2.05, 4.69) is 27.2 Å². The van der Waals surface area contributed by atoms with Gasteiger partial charge in [0.2, 0.25) is 0 Å². The summed E-state index contributed by atoms with van der Waals surface area (Å²) < 4.78 is 3.89. The lowest BCUT2D eigenvalue weighted by molar-refractivity contribution is 0.0936. The predicted molar refractivity (Wildman–Crippen MR) is 137 cm³/mol. The van der Waals surface area contributed by atoms with E-state index in [0.29, 0.717) is 21.6 Å². The molecule has 0 saturated heterocycles. The van der Waals surface area contributed by atoms with Crippen LogP contribution in [0.15, 0.2) is 41.3 Å². The third-order valence-electron chi connectivity index (χ3n) is 7.36. The summed E-state index contributed by atoms with van der Waals surface area (Å²) in [5, 5.41) is 8.51. The number of carbonyl (C=O) groups is 1. The molecule has 0 bridgehead atoms. The highest BCUT2D eigenvalue weighted by Crippen LogP contribution is 2.32. The normalized spacial score (nSPS) is 17.6. The van der Waals surface area contributed by atoms with E-state index in [4.69, 9.17) is 4.98 Å². The molecule has 1 aromatic carbocycles.